The predicted molar refractivity (Wildman–Crippen MR) is 70.7 cm³/mol. The van der Waals surface area contributed by atoms with Gasteiger partial charge in [0.1, 0.15) is 0 Å². The first-order chi connectivity index (χ1) is 9.27. The number of nitrogens with zero attached hydrogens (tertiary/aromatic N) is 1. The summed E-state index contributed by atoms with van der Waals surface area (Å²) in [6, 6.07) is 0.435. The van der Waals surface area contributed by atoms with Crippen molar-refractivity contribution >= 4 is 5.91 Å². The molecule has 0 radical (unpaired) electrons. The maximum Gasteiger partial charge on any atom is 0.236 e. The van der Waals surface area contributed by atoms with E-state index in [4.69, 9.17) is 9.47 Å². The third kappa shape index (κ3) is 3.09. The van der Waals surface area contributed by atoms with Crippen LogP contribution in [0.4, 0.5) is 0 Å². The zero-order valence-electron chi connectivity index (χ0n) is 11.5. The molecule has 1 saturated carbocycles. The number of amides is 1. The number of hydrogen-bond acceptors (Lipinski definition) is 4. The molecular formula is C14H24N2O3. The molecule has 2 saturated heterocycles. The molecular weight excluding hydrogens is 244 g/mol. The molecule has 0 aromatic rings. The Labute approximate surface area is 114 Å². The second-order valence-electron chi connectivity index (χ2n) is 5.85. The van der Waals surface area contributed by atoms with Gasteiger partial charge < -0.3 is 19.7 Å². The van der Waals surface area contributed by atoms with Gasteiger partial charge in [-0.25, -0.2) is 0 Å². The number of carbonyl (C=O) groups excluding carboxylic acids is 1. The van der Waals surface area contributed by atoms with E-state index in [1.807, 2.05) is 4.90 Å². The fourth-order valence-electron chi connectivity index (χ4n) is 3.36. The molecule has 1 spiro atoms. The lowest BCUT2D eigenvalue weighted by atomic mass is 9.90. The summed E-state index contributed by atoms with van der Waals surface area (Å²) < 4.78 is 11.4. The molecule has 2 heterocycles. The monoisotopic (exact) mass is 268 g/mol. The molecule has 2 aliphatic heterocycles. The lowest BCUT2D eigenvalue weighted by molar-refractivity contribution is -0.179. The Kier molecular flexibility index (Phi) is 4.05. The van der Waals surface area contributed by atoms with Crippen LogP contribution in [0.5, 0.6) is 0 Å². The summed E-state index contributed by atoms with van der Waals surface area (Å²) in [6.45, 7) is 3.82. The first-order valence-electron chi connectivity index (χ1n) is 7.57. The lowest BCUT2D eigenvalue weighted by Gasteiger charge is -2.35. The number of hydrogen-bond donors (Lipinski definition) is 1. The summed E-state index contributed by atoms with van der Waals surface area (Å²) in [5.74, 6) is -0.0388. The summed E-state index contributed by atoms with van der Waals surface area (Å²) in [7, 11) is 0. The Morgan fingerprint density at radius 2 is 1.79 bits per heavy atom. The Bertz CT molecular complexity index is 313. The van der Waals surface area contributed by atoms with E-state index in [0.29, 0.717) is 12.6 Å². The average Bonchev–Trinajstić information content (AvgIpc) is 3.09. The molecule has 3 fully saturated rings. The van der Waals surface area contributed by atoms with E-state index in [1.54, 1.807) is 0 Å². The van der Waals surface area contributed by atoms with E-state index in [-0.39, 0.29) is 11.7 Å². The number of nitrogens with one attached hydrogen (secondary N) is 1. The lowest BCUT2D eigenvalue weighted by Crippen LogP contribution is -2.45. The fourth-order valence-corrected chi connectivity index (χ4v) is 3.36. The van der Waals surface area contributed by atoms with Gasteiger partial charge in [0.15, 0.2) is 5.79 Å². The minimum atomic E-state index is -0.295. The minimum absolute atomic E-state index is 0.256. The third-order valence-electron chi connectivity index (χ3n) is 4.56. The Morgan fingerprint density at radius 1 is 1.16 bits per heavy atom. The van der Waals surface area contributed by atoms with Crippen LogP contribution >= 0.6 is 0 Å². The molecule has 1 aliphatic carbocycles. The normalized spacial score (nSPS) is 27.3. The number of likely N-dealkylation sites (tertiary alicyclic amines) is 1. The van der Waals surface area contributed by atoms with Crippen LogP contribution in [0.25, 0.3) is 0 Å². The van der Waals surface area contributed by atoms with E-state index >= 15 is 0 Å². The molecule has 1 N–H and O–H groups in total. The SMILES string of the molecule is O=C(CNC1CCC2(CC1)OCCO2)N1CCCC1. The second-order valence-corrected chi connectivity index (χ2v) is 5.85. The van der Waals surface area contributed by atoms with Crippen LogP contribution in [0.2, 0.25) is 0 Å². The molecule has 1 amide bonds. The van der Waals surface area contributed by atoms with Crippen LogP contribution in [-0.4, -0.2) is 55.5 Å². The van der Waals surface area contributed by atoms with Crippen LogP contribution < -0.4 is 5.32 Å². The van der Waals surface area contributed by atoms with Crippen molar-refractivity contribution in [1.82, 2.24) is 10.2 Å². The van der Waals surface area contributed by atoms with E-state index in [1.165, 1.54) is 0 Å². The number of rotatable bonds is 3. The van der Waals surface area contributed by atoms with Gasteiger partial charge in [-0.15, -0.1) is 0 Å². The Hall–Kier alpha value is -0.650. The molecule has 5 nitrogen and oxygen atoms in total. The molecule has 0 aromatic heterocycles. The summed E-state index contributed by atoms with van der Waals surface area (Å²) in [5, 5.41) is 3.40. The molecule has 0 aromatic carbocycles. The summed E-state index contributed by atoms with van der Waals surface area (Å²) in [5.41, 5.74) is 0. The summed E-state index contributed by atoms with van der Waals surface area (Å²) >= 11 is 0. The van der Waals surface area contributed by atoms with Crippen molar-refractivity contribution < 1.29 is 14.3 Å². The van der Waals surface area contributed by atoms with Gasteiger partial charge in [0.2, 0.25) is 5.91 Å². The van der Waals surface area contributed by atoms with Crippen molar-refractivity contribution in [1.29, 1.82) is 0 Å². The summed E-state index contributed by atoms with van der Waals surface area (Å²) in [4.78, 5) is 13.9. The molecule has 0 unspecified atom stereocenters. The molecule has 19 heavy (non-hydrogen) atoms. The van der Waals surface area contributed by atoms with Crippen molar-refractivity contribution in [2.45, 2.75) is 50.4 Å². The van der Waals surface area contributed by atoms with E-state index in [0.717, 1.165) is 64.8 Å². The van der Waals surface area contributed by atoms with Crippen molar-refractivity contribution in [3.8, 4) is 0 Å². The van der Waals surface area contributed by atoms with Crippen LogP contribution in [0.3, 0.4) is 0 Å². The maximum atomic E-state index is 12.0. The molecule has 3 rings (SSSR count). The number of carbonyl (C=O) groups is 1. The Balaban J connectivity index is 1.38. The zero-order chi connectivity index (χ0) is 13.1. The summed E-state index contributed by atoms with van der Waals surface area (Å²) in [6.07, 6.45) is 6.28. The van der Waals surface area contributed by atoms with Crippen molar-refractivity contribution in [2.24, 2.45) is 0 Å². The van der Waals surface area contributed by atoms with Gasteiger partial charge in [0.25, 0.3) is 0 Å². The highest BCUT2D eigenvalue weighted by atomic mass is 16.7. The highest BCUT2D eigenvalue weighted by Crippen LogP contribution is 2.35. The Morgan fingerprint density at radius 3 is 2.42 bits per heavy atom. The van der Waals surface area contributed by atoms with Gasteiger partial charge in [0.05, 0.1) is 19.8 Å². The topological polar surface area (TPSA) is 50.8 Å². The van der Waals surface area contributed by atoms with Crippen molar-refractivity contribution in [3.05, 3.63) is 0 Å². The van der Waals surface area contributed by atoms with Crippen LogP contribution in [0, 0.1) is 0 Å². The van der Waals surface area contributed by atoms with E-state index < -0.39 is 0 Å². The predicted octanol–water partition coefficient (Wildman–Crippen LogP) is 0.884. The highest BCUT2D eigenvalue weighted by molar-refractivity contribution is 5.78. The van der Waals surface area contributed by atoms with E-state index in [9.17, 15) is 4.79 Å². The van der Waals surface area contributed by atoms with Crippen molar-refractivity contribution in [2.75, 3.05) is 32.8 Å². The maximum absolute atomic E-state index is 12.0. The van der Waals surface area contributed by atoms with E-state index in [2.05, 4.69) is 5.32 Å². The van der Waals surface area contributed by atoms with Gasteiger partial charge >= 0.3 is 0 Å². The second kappa shape index (κ2) is 5.77. The van der Waals surface area contributed by atoms with Crippen LogP contribution in [0.1, 0.15) is 38.5 Å². The highest BCUT2D eigenvalue weighted by Gasteiger charge is 2.40. The molecule has 0 bridgehead atoms. The first kappa shape index (κ1) is 13.3. The first-order valence-corrected chi connectivity index (χ1v) is 7.57. The molecule has 108 valence electrons. The van der Waals surface area contributed by atoms with Gasteiger partial charge in [0, 0.05) is 32.0 Å². The molecule has 0 atom stereocenters. The fraction of sp³-hybridized carbons (Fsp3) is 0.929. The minimum Gasteiger partial charge on any atom is -0.348 e. The van der Waals surface area contributed by atoms with Gasteiger partial charge in [-0.05, 0) is 25.7 Å². The van der Waals surface area contributed by atoms with Crippen molar-refractivity contribution in [3.63, 3.8) is 0 Å². The number of ether oxygens (including phenoxy) is 2. The van der Waals surface area contributed by atoms with Gasteiger partial charge in [-0.2, -0.15) is 0 Å². The standard InChI is InChI=1S/C14H24N2O3/c17-13(16-7-1-2-8-16)11-15-12-3-5-14(6-4-12)18-9-10-19-14/h12,15H,1-11H2. The van der Waals surface area contributed by atoms with Crippen LogP contribution in [0.15, 0.2) is 0 Å². The molecule has 5 heteroatoms. The molecule has 3 aliphatic rings. The smallest absolute Gasteiger partial charge is 0.236 e. The van der Waals surface area contributed by atoms with Crippen LogP contribution in [-0.2, 0) is 14.3 Å². The largest absolute Gasteiger partial charge is 0.348 e. The quantitative estimate of drug-likeness (QED) is 0.825. The zero-order valence-corrected chi connectivity index (χ0v) is 11.5. The van der Waals surface area contributed by atoms with Gasteiger partial charge in [-0.1, -0.05) is 0 Å². The van der Waals surface area contributed by atoms with Gasteiger partial charge in [-0.3, -0.25) is 4.79 Å². The average molecular weight is 268 g/mol. The third-order valence-corrected chi connectivity index (χ3v) is 4.56.